The zero-order valence-corrected chi connectivity index (χ0v) is 12.0. The van der Waals surface area contributed by atoms with Crippen LogP contribution in [0.3, 0.4) is 0 Å². The van der Waals surface area contributed by atoms with E-state index in [4.69, 9.17) is 11.6 Å². The van der Waals surface area contributed by atoms with Crippen LogP contribution in [0.25, 0.3) is 10.8 Å². The first-order chi connectivity index (χ1) is 9.19. The van der Waals surface area contributed by atoms with Gasteiger partial charge in [0, 0.05) is 13.1 Å². The zero-order chi connectivity index (χ0) is 13.8. The molecule has 2 aromatic rings. The van der Waals surface area contributed by atoms with Crippen molar-refractivity contribution in [2.45, 2.75) is 19.2 Å². The lowest BCUT2D eigenvalue weighted by molar-refractivity contribution is -0.130. The van der Waals surface area contributed by atoms with Crippen molar-refractivity contribution in [3.63, 3.8) is 0 Å². The van der Waals surface area contributed by atoms with Crippen molar-refractivity contribution in [3.8, 4) is 0 Å². The summed E-state index contributed by atoms with van der Waals surface area (Å²) in [6, 6.07) is 13.9. The molecule has 0 saturated heterocycles. The first-order valence-corrected chi connectivity index (χ1v) is 7.03. The van der Waals surface area contributed by atoms with Gasteiger partial charge in [-0.1, -0.05) is 42.5 Å². The summed E-state index contributed by atoms with van der Waals surface area (Å²) in [5, 5.41) is 1.54. The summed E-state index contributed by atoms with van der Waals surface area (Å²) in [7, 11) is 0. The van der Waals surface area contributed by atoms with Crippen molar-refractivity contribution < 1.29 is 4.79 Å². The summed E-state index contributed by atoms with van der Waals surface area (Å²) in [5.41, 5.74) is 0.886. The number of amides is 1. The molecule has 0 aromatic heterocycles. The van der Waals surface area contributed by atoms with E-state index in [9.17, 15) is 4.79 Å². The van der Waals surface area contributed by atoms with Crippen LogP contribution in [0.4, 0.5) is 0 Å². The molecule has 100 valence electrons. The fourth-order valence-electron chi connectivity index (χ4n) is 2.30. The highest BCUT2D eigenvalue weighted by Gasteiger charge is 2.23. The Morgan fingerprint density at radius 3 is 2.42 bits per heavy atom. The maximum atomic E-state index is 12.3. The minimum absolute atomic E-state index is 0.0250. The van der Waals surface area contributed by atoms with Crippen molar-refractivity contribution in [2.75, 3.05) is 13.1 Å². The van der Waals surface area contributed by atoms with Crippen LogP contribution in [-0.4, -0.2) is 23.9 Å². The number of carbonyl (C=O) groups is 1. The van der Waals surface area contributed by atoms with Gasteiger partial charge in [0.2, 0.25) is 5.91 Å². The molecule has 0 aliphatic carbocycles. The normalized spacial score (nSPS) is 12.4. The van der Waals surface area contributed by atoms with Crippen LogP contribution in [0, 0.1) is 0 Å². The molecule has 2 nitrogen and oxygen atoms in total. The molecule has 0 bridgehead atoms. The molecule has 1 unspecified atom stereocenters. The number of rotatable bonds is 4. The van der Waals surface area contributed by atoms with Gasteiger partial charge < -0.3 is 4.90 Å². The Morgan fingerprint density at radius 2 is 1.74 bits per heavy atom. The first-order valence-electron chi connectivity index (χ1n) is 6.59. The smallest absolute Gasteiger partial charge is 0.245 e. The zero-order valence-electron chi connectivity index (χ0n) is 11.3. The molecule has 0 heterocycles. The van der Waals surface area contributed by atoms with Crippen LogP contribution >= 0.6 is 11.6 Å². The second-order valence-corrected chi connectivity index (χ2v) is 4.88. The van der Waals surface area contributed by atoms with E-state index in [1.807, 2.05) is 56.3 Å². The van der Waals surface area contributed by atoms with Gasteiger partial charge in [0.25, 0.3) is 0 Å². The molecule has 0 aliphatic heterocycles. The third-order valence-corrected chi connectivity index (χ3v) is 3.81. The van der Waals surface area contributed by atoms with Crippen molar-refractivity contribution in [3.05, 3.63) is 48.0 Å². The quantitative estimate of drug-likeness (QED) is 0.773. The lowest BCUT2D eigenvalue weighted by atomic mass is 10.0. The average molecular weight is 276 g/mol. The Kier molecular flexibility index (Phi) is 4.43. The molecule has 0 saturated carbocycles. The fraction of sp³-hybridized carbons (Fsp3) is 0.312. The average Bonchev–Trinajstić information content (AvgIpc) is 2.47. The van der Waals surface area contributed by atoms with Gasteiger partial charge in [0.1, 0.15) is 5.38 Å². The van der Waals surface area contributed by atoms with E-state index >= 15 is 0 Å². The van der Waals surface area contributed by atoms with Crippen LogP contribution in [-0.2, 0) is 4.79 Å². The van der Waals surface area contributed by atoms with Gasteiger partial charge in [-0.05, 0) is 30.2 Å². The van der Waals surface area contributed by atoms with Crippen LogP contribution in [0.1, 0.15) is 24.8 Å². The number of likely N-dealkylation sites (N-methyl/N-ethyl adjacent to an activating group) is 1. The SMILES string of the molecule is CCN(CC)C(=O)C(Cl)c1cccc2ccccc12. The van der Waals surface area contributed by atoms with Crippen LogP contribution < -0.4 is 0 Å². The third-order valence-electron chi connectivity index (χ3n) is 3.39. The van der Waals surface area contributed by atoms with E-state index in [2.05, 4.69) is 0 Å². The van der Waals surface area contributed by atoms with Gasteiger partial charge in [0.05, 0.1) is 0 Å². The van der Waals surface area contributed by atoms with Gasteiger partial charge in [0.15, 0.2) is 0 Å². The standard InChI is InChI=1S/C16H18ClNO/c1-3-18(4-2)16(19)15(17)14-11-7-9-12-8-5-6-10-13(12)14/h5-11,15H,3-4H2,1-2H3. The third kappa shape index (κ3) is 2.74. The number of benzene rings is 2. The minimum Gasteiger partial charge on any atom is -0.342 e. The van der Waals surface area contributed by atoms with Crippen molar-refractivity contribution in [2.24, 2.45) is 0 Å². The van der Waals surface area contributed by atoms with E-state index in [0.29, 0.717) is 13.1 Å². The molecule has 0 aliphatic rings. The molecule has 0 fully saturated rings. The maximum Gasteiger partial charge on any atom is 0.245 e. The molecule has 0 spiro atoms. The van der Waals surface area contributed by atoms with Crippen molar-refractivity contribution in [1.29, 1.82) is 0 Å². The highest BCUT2D eigenvalue weighted by atomic mass is 35.5. The molecular weight excluding hydrogens is 258 g/mol. The van der Waals surface area contributed by atoms with E-state index in [1.54, 1.807) is 4.90 Å². The maximum absolute atomic E-state index is 12.3. The fourth-order valence-corrected chi connectivity index (χ4v) is 2.63. The highest BCUT2D eigenvalue weighted by Crippen LogP contribution is 2.29. The van der Waals surface area contributed by atoms with Gasteiger partial charge in [-0.15, -0.1) is 11.6 Å². The Hall–Kier alpha value is -1.54. The van der Waals surface area contributed by atoms with Crippen molar-refractivity contribution in [1.82, 2.24) is 4.90 Å². The summed E-state index contributed by atoms with van der Waals surface area (Å²) < 4.78 is 0. The molecule has 3 heteroatoms. The molecule has 1 atom stereocenters. The lowest BCUT2D eigenvalue weighted by Crippen LogP contribution is -2.33. The van der Waals surface area contributed by atoms with Crippen molar-refractivity contribution >= 4 is 28.3 Å². The van der Waals surface area contributed by atoms with Gasteiger partial charge in [-0.2, -0.15) is 0 Å². The summed E-state index contributed by atoms with van der Waals surface area (Å²) >= 11 is 6.40. The Balaban J connectivity index is 2.41. The van der Waals surface area contributed by atoms with E-state index in [0.717, 1.165) is 16.3 Å². The topological polar surface area (TPSA) is 20.3 Å². The molecule has 19 heavy (non-hydrogen) atoms. The van der Waals surface area contributed by atoms with Crippen LogP contribution in [0.5, 0.6) is 0 Å². The number of fused-ring (bicyclic) bond motifs is 1. The second kappa shape index (κ2) is 6.07. The molecule has 2 aromatic carbocycles. The number of hydrogen-bond donors (Lipinski definition) is 0. The number of halogens is 1. The first kappa shape index (κ1) is 13.9. The monoisotopic (exact) mass is 275 g/mol. The number of hydrogen-bond acceptors (Lipinski definition) is 1. The predicted molar refractivity (Wildman–Crippen MR) is 80.5 cm³/mol. The Morgan fingerprint density at radius 1 is 1.11 bits per heavy atom. The second-order valence-electron chi connectivity index (χ2n) is 4.44. The summed E-state index contributed by atoms with van der Waals surface area (Å²) in [6.07, 6.45) is 0. The Labute approximate surface area is 119 Å². The minimum atomic E-state index is -0.619. The molecule has 0 N–H and O–H groups in total. The molecule has 0 radical (unpaired) electrons. The predicted octanol–water partition coefficient (Wildman–Crippen LogP) is 3.99. The van der Waals surface area contributed by atoms with Gasteiger partial charge >= 0.3 is 0 Å². The molecular formula is C16H18ClNO. The Bertz CT molecular complexity index is 572. The summed E-state index contributed by atoms with van der Waals surface area (Å²) in [5.74, 6) is -0.0250. The number of nitrogens with zero attached hydrogens (tertiary/aromatic N) is 1. The van der Waals surface area contributed by atoms with Crippen LogP contribution in [0.2, 0.25) is 0 Å². The van der Waals surface area contributed by atoms with Gasteiger partial charge in [-0.3, -0.25) is 4.79 Å². The largest absolute Gasteiger partial charge is 0.342 e. The van der Waals surface area contributed by atoms with E-state index < -0.39 is 5.38 Å². The number of carbonyl (C=O) groups excluding carboxylic acids is 1. The van der Waals surface area contributed by atoms with Crippen LogP contribution in [0.15, 0.2) is 42.5 Å². The lowest BCUT2D eigenvalue weighted by Gasteiger charge is -2.22. The molecule has 1 amide bonds. The van der Waals surface area contributed by atoms with E-state index in [1.165, 1.54) is 0 Å². The molecule has 2 rings (SSSR count). The number of alkyl halides is 1. The van der Waals surface area contributed by atoms with Gasteiger partial charge in [-0.25, -0.2) is 0 Å². The van der Waals surface area contributed by atoms with E-state index in [-0.39, 0.29) is 5.91 Å². The summed E-state index contributed by atoms with van der Waals surface area (Å²) in [6.45, 7) is 5.30. The highest BCUT2D eigenvalue weighted by molar-refractivity contribution is 6.31. The summed E-state index contributed by atoms with van der Waals surface area (Å²) in [4.78, 5) is 14.1.